The molecule has 1 amide bonds. The summed E-state index contributed by atoms with van der Waals surface area (Å²) in [6.45, 7) is 5.37. The number of carbonyl (C=O) groups excluding carboxylic acids is 1. The number of aryl methyl sites for hydroxylation is 2. The van der Waals surface area contributed by atoms with E-state index in [1.807, 2.05) is 23.1 Å². The Balaban J connectivity index is 1.62. The third-order valence-corrected chi connectivity index (χ3v) is 4.73. The fourth-order valence-electron chi connectivity index (χ4n) is 3.38. The molecule has 1 fully saturated rings. The molecule has 0 aliphatic carbocycles. The van der Waals surface area contributed by atoms with Crippen LogP contribution in [0.5, 0.6) is 0 Å². The standard InChI is InChI=1S/C19H27N3O3/c1-3-18-20-16-6-4-5-7-17(16)22(18)10-8-19(23)21-11-13-25-15(14-21)9-12-24-2/h4-7,15H,3,8-14H2,1-2H3. The molecule has 1 atom stereocenters. The fourth-order valence-corrected chi connectivity index (χ4v) is 3.38. The second-order valence-electron chi connectivity index (χ2n) is 6.39. The molecule has 6 nitrogen and oxygen atoms in total. The Kier molecular flexibility index (Phi) is 6.04. The fraction of sp³-hybridized carbons (Fsp3) is 0.579. The Labute approximate surface area is 148 Å². The molecule has 0 N–H and O–H groups in total. The largest absolute Gasteiger partial charge is 0.385 e. The molecule has 3 rings (SSSR count). The van der Waals surface area contributed by atoms with Gasteiger partial charge >= 0.3 is 0 Å². The SMILES string of the molecule is CCc1nc2ccccc2n1CCC(=O)N1CCOC(CCOC)C1. The zero-order chi connectivity index (χ0) is 17.6. The Morgan fingerprint density at radius 1 is 1.40 bits per heavy atom. The number of morpholine rings is 1. The lowest BCUT2D eigenvalue weighted by atomic mass is 10.2. The Hall–Kier alpha value is -1.92. The van der Waals surface area contributed by atoms with E-state index in [9.17, 15) is 4.79 Å². The normalized spacial score (nSPS) is 18.0. The Bertz CT molecular complexity index is 713. The van der Waals surface area contributed by atoms with Gasteiger partial charge in [-0.15, -0.1) is 0 Å². The van der Waals surface area contributed by atoms with Crippen molar-refractivity contribution in [2.24, 2.45) is 0 Å². The summed E-state index contributed by atoms with van der Waals surface area (Å²) in [4.78, 5) is 19.3. The number of para-hydroxylation sites is 2. The molecule has 1 unspecified atom stereocenters. The number of hydrogen-bond donors (Lipinski definition) is 0. The number of nitrogens with zero attached hydrogens (tertiary/aromatic N) is 3. The lowest BCUT2D eigenvalue weighted by Crippen LogP contribution is -2.46. The van der Waals surface area contributed by atoms with Crippen LogP contribution in [0.4, 0.5) is 0 Å². The van der Waals surface area contributed by atoms with E-state index in [0.29, 0.717) is 39.3 Å². The zero-order valence-electron chi connectivity index (χ0n) is 15.1. The first kappa shape index (κ1) is 17.9. The number of aromatic nitrogens is 2. The molecule has 136 valence electrons. The first-order chi connectivity index (χ1) is 12.2. The van der Waals surface area contributed by atoms with E-state index in [-0.39, 0.29) is 12.0 Å². The van der Waals surface area contributed by atoms with Crippen LogP contribution in [0.2, 0.25) is 0 Å². The summed E-state index contributed by atoms with van der Waals surface area (Å²) >= 11 is 0. The molecule has 0 spiro atoms. The highest BCUT2D eigenvalue weighted by molar-refractivity contribution is 5.78. The van der Waals surface area contributed by atoms with Gasteiger partial charge in [-0.05, 0) is 18.6 Å². The summed E-state index contributed by atoms with van der Waals surface area (Å²) in [6, 6.07) is 8.11. The topological polar surface area (TPSA) is 56.6 Å². The molecular formula is C19H27N3O3. The van der Waals surface area contributed by atoms with Crippen LogP contribution in [-0.2, 0) is 27.2 Å². The van der Waals surface area contributed by atoms with Gasteiger partial charge in [0.15, 0.2) is 0 Å². The van der Waals surface area contributed by atoms with Crippen molar-refractivity contribution in [3.63, 3.8) is 0 Å². The number of carbonyl (C=O) groups is 1. The maximum Gasteiger partial charge on any atom is 0.224 e. The van der Waals surface area contributed by atoms with Crippen LogP contribution >= 0.6 is 0 Å². The minimum absolute atomic E-state index is 0.0814. The molecular weight excluding hydrogens is 318 g/mol. The minimum atomic E-state index is 0.0814. The zero-order valence-corrected chi connectivity index (χ0v) is 15.1. The van der Waals surface area contributed by atoms with Crippen LogP contribution in [0.25, 0.3) is 11.0 Å². The second kappa shape index (κ2) is 8.45. The summed E-state index contributed by atoms with van der Waals surface area (Å²) in [5, 5.41) is 0. The number of imidazole rings is 1. The minimum Gasteiger partial charge on any atom is -0.385 e. The third kappa shape index (κ3) is 4.19. The molecule has 1 aliphatic rings. The number of amides is 1. The predicted molar refractivity (Wildman–Crippen MR) is 96.5 cm³/mol. The predicted octanol–water partition coefficient (Wildman–Crippen LogP) is 2.25. The number of hydrogen-bond acceptors (Lipinski definition) is 4. The van der Waals surface area contributed by atoms with Crippen molar-refractivity contribution < 1.29 is 14.3 Å². The molecule has 1 aromatic carbocycles. The molecule has 1 saturated heterocycles. The van der Waals surface area contributed by atoms with Crippen LogP contribution in [0.15, 0.2) is 24.3 Å². The van der Waals surface area contributed by atoms with Gasteiger partial charge in [0.2, 0.25) is 5.91 Å². The van der Waals surface area contributed by atoms with Gasteiger partial charge in [-0.3, -0.25) is 4.79 Å². The highest BCUT2D eigenvalue weighted by Gasteiger charge is 2.24. The van der Waals surface area contributed by atoms with Crippen LogP contribution in [0.3, 0.4) is 0 Å². The summed E-state index contributed by atoms with van der Waals surface area (Å²) in [5.74, 6) is 1.22. The van der Waals surface area contributed by atoms with Gasteiger partial charge in [0.25, 0.3) is 0 Å². The lowest BCUT2D eigenvalue weighted by molar-refractivity contribution is -0.139. The maximum atomic E-state index is 12.7. The highest BCUT2D eigenvalue weighted by atomic mass is 16.5. The molecule has 2 heterocycles. The second-order valence-corrected chi connectivity index (χ2v) is 6.39. The highest BCUT2D eigenvalue weighted by Crippen LogP contribution is 2.18. The van der Waals surface area contributed by atoms with Crippen molar-refractivity contribution in [2.45, 2.75) is 38.8 Å². The summed E-state index contributed by atoms with van der Waals surface area (Å²) < 4.78 is 13.0. The van der Waals surface area contributed by atoms with Crippen molar-refractivity contribution in [3.8, 4) is 0 Å². The molecule has 1 aliphatic heterocycles. The number of ether oxygens (including phenoxy) is 2. The van der Waals surface area contributed by atoms with E-state index in [2.05, 4.69) is 22.5 Å². The van der Waals surface area contributed by atoms with Crippen molar-refractivity contribution in [3.05, 3.63) is 30.1 Å². The van der Waals surface area contributed by atoms with Crippen LogP contribution in [0, 0.1) is 0 Å². The van der Waals surface area contributed by atoms with Crippen molar-refractivity contribution in [2.75, 3.05) is 33.4 Å². The van der Waals surface area contributed by atoms with E-state index in [0.717, 1.165) is 29.7 Å². The number of rotatable bonds is 7. The molecule has 25 heavy (non-hydrogen) atoms. The number of benzene rings is 1. The maximum absolute atomic E-state index is 12.7. The third-order valence-electron chi connectivity index (χ3n) is 4.73. The van der Waals surface area contributed by atoms with Gasteiger partial charge in [-0.1, -0.05) is 19.1 Å². The van der Waals surface area contributed by atoms with E-state index < -0.39 is 0 Å². The van der Waals surface area contributed by atoms with Crippen molar-refractivity contribution >= 4 is 16.9 Å². The van der Waals surface area contributed by atoms with Gasteiger partial charge in [-0.25, -0.2) is 4.98 Å². The van der Waals surface area contributed by atoms with Gasteiger partial charge in [0.05, 0.1) is 23.7 Å². The van der Waals surface area contributed by atoms with Crippen LogP contribution in [-0.4, -0.2) is 59.9 Å². The summed E-state index contributed by atoms with van der Waals surface area (Å²) in [6.07, 6.45) is 2.26. The van der Waals surface area contributed by atoms with E-state index in [4.69, 9.17) is 9.47 Å². The average Bonchev–Trinajstić information content (AvgIpc) is 3.02. The smallest absolute Gasteiger partial charge is 0.224 e. The molecule has 0 radical (unpaired) electrons. The van der Waals surface area contributed by atoms with E-state index in [1.54, 1.807) is 7.11 Å². The van der Waals surface area contributed by atoms with E-state index >= 15 is 0 Å². The average molecular weight is 345 g/mol. The lowest BCUT2D eigenvalue weighted by Gasteiger charge is -2.33. The molecule has 0 bridgehead atoms. The van der Waals surface area contributed by atoms with Crippen molar-refractivity contribution in [1.29, 1.82) is 0 Å². The monoisotopic (exact) mass is 345 g/mol. The molecule has 6 heteroatoms. The van der Waals surface area contributed by atoms with Crippen LogP contribution < -0.4 is 0 Å². The van der Waals surface area contributed by atoms with Crippen LogP contribution in [0.1, 0.15) is 25.6 Å². The van der Waals surface area contributed by atoms with Gasteiger partial charge < -0.3 is 18.9 Å². The van der Waals surface area contributed by atoms with Gasteiger partial charge in [0, 0.05) is 46.2 Å². The summed E-state index contributed by atoms with van der Waals surface area (Å²) in [7, 11) is 1.69. The van der Waals surface area contributed by atoms with Crippen molar-refractivity contribution in [1.82, 2.24) is 14.5 Å². The quantitative estimate of drug-likeness (QED) is 0.772. The van der Waals surface area contributed by atoms with E-state index in [1.165, 1.54) is 0 Å². The Morgan fingerprint density at radius 2 is 2.24 bits per heavy atom. The first-order valence-electron chi connectivity index (χ1n) is 9.05. The van der Waals surface area contributed by atoms with Gasteiger partial charge in [0.1, 0.15) is 5.82 Å². The number of methoxy groups -OCH3 is 1. The number of fused-ring (bicyclic) bond motifs is 1. The first-order valence-corrected chi connectivity index (χ1v) is 9.05. The molecule has 1 aromatic heterocycles. The molecule has 2 aromatic rings. The summed E-state index contributed by atoms with van der Waals surface area (Å²) in [5.41, 5.74) is 2.10. The van der Waals surface area contributed by atoms with Gasteiger partial charge in [-0.2, -0.15) is 0 Å². The Morgan fingerprint density at radius 3 is 3.04 bits per heavy atom. The molecule has 0 saturated carbocycles.